The molecule has 2 aliphatic rings. The molecule has 0 unspecified atom stereocenters. The highest BCUT2D eigenvalue weighted by Crippen LogP contribution is 2.30. The molecule has 0 atom stereocenters. The molecule has 1 saturated carbocycles. The second-order valence-corrected chi connectivity index (χ2v) is 6.44. The van der Waals surface area contributed by atoms with Crippen LogP contribution in [0.15, 0.2) is 18.2 Å². The van der Waals surface area contributed by atoms with Crippen LogP contribution in [-0.2, 0) is 6.54 Å². The van der Waals surface area contributed by atoms with E-state index >= 15 is 0 Å². The maximum absolute atomic E-state index is 6.36. The van der Waals surface area contributed by atoms with Crippen molar-refractivity contribution in [2.45, 2.75) is 19.4 Å². The van der Waals surface area contributed by atoms with E-state index in [9.17, 15) is 0 Å². The van der Waals surface area contributed by atoms with Gasteiger partial charge in [-0.25, -0.2) is 0 Å². The molecule has 1 heterocycles. The fraction of sp³-hybridized carbons (Fsp3) is 0.625. The standard InChI is InChI=1S/C16H24ClN3/c1-18-11-14-4-5-15(10-16(14)17)20-8-6-19(7-9-20)12-13-2-3-13/h4-5,10,13,18H,2-3,6-9,11-12H2,1H3. The average molecular weight is 294 g/mol. The molecule has 1 aliphatic carbocycles. The van der Waals surface area contributed by atoms with Crippen molar-refractivity contribution < 1.29 is 0 Å². The monoisotopic (exact) mass is 293 g/mol. The molecular formula is C16H24ClN3. The van der Waals surface area contributed by atoms with Gasteiger partial charge < -0.3 is 10.2 Å². The highest BCUT2D eigenvalue weighted by molar-refractivity contribution is 6.31. The summed E-state index contributed by atoms with van der Waals surface area (Å²) in [5.41, 5.74) is 2.44. The molecule has 3 nitrogen and oxygen atoms in total. The number of nitrogens with zero attached hydrogens (tertiary/aromatic N) is 2. The Morgan fingerprint density at radius 3 is 2.55 bits per heavy atom. The fourth-order valence-electron chi connectivity index (χ4n) is 2.92. The lowest BCUT2D eigenvalue weighted by Gasteiger charge is -2.36. The number of nitrogens with one attached hydrogen (secondary N) is 1. The van der Waals surface area contributed by atoms with Crippen LogP contribution in [0.3, 0.4) is 0 Å². The summed E-state index contributed by atoms with van der Waals surface area (Å²) < 4.78 is 0. The van der Waals surface area contributed by atoms with E-state index in [1.54, 1.807) is 0 Å². The minimum Gasteiger partial charge on any atom is -0.369 e. The molecule has 1 aliphatic heterocycles. The third-order valence-corrected chi connectivity index (χ3v) is 4.71. The summed E-state index contributed by atoms with van der Waals surface area (Å²) in [7, 11) is 1.95. The minimum atomic E-state index is 0.828. The van der Waals surface area contributed by atoms with E-state index in [0.29, 0.717) is 0 Å². The zero-order chi connectivity index (χ0) is 13.9. The van der Waals surface area contributed by atoms with Gasteiger partial charge in [0.15, 0.2) is 0 Å². The van der Waals surface area contributed by atoms with Crippen LogP contribution in [0.5, 0.6) is 0 Å². The van der Waals surface area contributed by atoms with E-state index in [2.05, 4.69) is 33.3 Å². The van der Waals surface area contributed by atoms with Crippen molar-refractivity contribution in [1.29, 1.82) is 0 Å². The van der Waals surface area contributed by atoms with Gasteiger partial charge in [0.25, 0.3) is 0 Å². The van der Waals surface area contributed by atoms with Gasteiger partial charge in [-0.05, 0) is 43.5 Å². The lowest BCUT2D eigenvalue weighted by molar-refractivity contribution is 0.248. The normalized spacial score (nSPS) is 20.4. The summed E-state index contributed by atoms with van der Waals surface area (Å²) in [6, 6.07) is 6.46. The molecule has 0 spiro atoms. The van der Waals surface area contributed by atoms with Gasteiger partial charge in [-0.15, -0.1) is 0 Å². The molecule has 0 amide bonds. The summed E-state index contributed by atoms with van der Waals surface area (Å²) in [5, 5.41) is 4.02. The second kappa shape index (κ2) is 6.33. The smallest absolute Gasteiger partial charge is 0.0471 e. The van der Waals surface area contributed by atoms with Crippen LogP contribution >= 0.6 is 11.6 Å². The number of hydrogen-bond acceptors (Lipinski definition) is 3. The average Bonchev–Trinajstić information content (AvgIpc) is 3.26. The summed E-state index contributed by atoms with van der Waals surface area (Å²) in [4.78, 5) is 5.07. The van der Waals surface area contributed by atoms with E-state index in [1.807, 2.05) is 7.05 Å². The molecule has 3 rings (SSSR count). The van der Waals surface area contributed by atoms with E-state index < -0.39 is 0 Å². The highest BCUT2D eigenvalue weighted by Gasteiger charge is 2.26. The third-order valence-electron chi connectivity index (χ3n) is 4.35. The Kier molecular flexibility index (Phi) is 4.49. The summed E-state index contributed by atoms with van der Waals surface area (Å²) >= 11 is 6.36. The number of piperazine rings is 1. The first kappa shape index (κ1) is 14.2. The Hall–Kier alpha value is -0.770. The molecule has 2 fully saturated rings. The summed E-state index contributed by atoms with van der Waals surface area (Å²) in [6.07, 6.45) is 2.89. The van der Waals surface area contributed by atoms with Gasteiger partial charge in [0.1, 0.15) is 0 Å². The van der Waals surface area contributed by atoms with E-state index in [0.717, 1.165) is 30.6 Å². The zero-order valence-electron chi connectivity index (χ0n) is 12.2. The second-order valence-electron chi connectivity index (χ2n) is 6.04. The SMILES string of the molecule is CNCc1ccc(N2CCN(CC3CC3)CC2)cc1Cl. The van der Waals surface area contributed by atoms with Crippen LogP contribution in [0.4, 0.5) is 5.69 Å². The van der Waals surface area contributed by atoms with E-state index in [4.69, 9.17) is 11.6 Å². The van der Waals surface area contributed by atoms with Crippen molar-refractivity contribution in [3.05, 3.63) is 28.8 Å². The number of hydrogen-bond donors (Lipinski definition) is 1. The first-order valence-electron chi connectivity index (χ1n) is 7.66. The van der Waals surface area contributed by atoms with Crippen LogP contribution in [0.25, 0.3) is 0 Å². The molecule has 1 aromatic rings. The Morgan fingerprint density at radius 1 is 1.20 bits per heavy atom. The maximum atomic E-state index is 6.36. The lowest BCUT2D eigenvalue weighted by Crippen LogP contribution is -2.47. The molecule has 110 valence electrons. The van der Waals surface area contributed by atoms with Gasteiger partial charge in [-0.3, -0.25) is 4.90 Å². The highest BCUT2D eigenvalue weighted by atomic mass is 35.5. The van der Waals surface area contributed by atoms with Crippen LogP contribution in [0, 0.1) is 5.92 Å². The summed E-state index contributed by atoms with van der Waals surface area (Å²) in [5.74, 6) is 0.997. The zero-order valence-corrected chi connectivity index (χ0v) is 13.0. The predicted octanol–water partition coefficient (Wildman–Crippen LogP) is 2.59. The number of halogens is 1. The van der Waals surface area contributed by atoms with Crippen molar-refractivity contribution in [2.75, 3.05) is 44.7 Å². The number of anilines is 1. The molecule has 1 saturated heterocycles. The van der Waals surface area contributed by atoms with Crippen LogP contribution in [-0.4, -0.2) is 44.7 Å². The molecule has 0 bridgehead atoms. The third kappa shape index (κ3) is 3.46. The summed E-state index contributed by atoms with van der Waals surface area (Å²) in [6.45, 7) is 6.76. The fourth-order valence-corrected chi connectivity index (χ4v) is 3.16. The first-order chi connectivity index (χ1) is 9.76. The molecular weight excluding hydrogens is 270 g/mol. The number of rotatable bonds is 5. The van der Waals surface area contributed by atoms with Crippen molar-refractivity contribution in [3.63, 3.8) is 0 Å². The van der Waals surface area contributed by atoms with Crippen molar-refractivity contribution >= 4 is 17.3 Å². The van der Waals surface area contributed by atoms with Gasteiger partial charge in [0.2, 0.25) is 0 Å². The van der Waals surface area contributed by atoms with Gasteiger partial charge in [0, 0.05) is 50.0 Å². The van der Waals surface area contributed by atoms with Gasteiger partial charge in [-0.1, -0.05) is 17.7 Å². The molecule has 4 heteroatoms. The quantitative estimate of drug-likeness (QED) is 0.900. The molecule has 1 aromatic carbocycles. The van der Waals surface area contributed by atoms with E-state index in [-0.39, 0.29) is 0 Å². The lowest BCUT2D eigenvalue weighted by atomic mass is 10.1. The van der Waals surface area contributed by atoms with Crippen molar-refractivity contribution in [2.24, 2.45) is 5.92 Å². The Morgan fingerprint density at radius 2 is 1.95 bits per heavy atom. The van der Waals surface area contributed by atoms with Crippen molar-refractivity contribution in [3.8, 4) is 0 Å². The molecule has 20 heavy (non-hydrogen) atoms. The maximum Gasteiger partial charge on any atom is 0.0471 e. The first-order valence-corrected chi connectivity index (χ1v) is 8.04. The van der Waals surface area contributed by atoms with E-state index in [1.165, 1.54) is 43.7 Å². The topological polar surface area (TPSA) is 18.5 Å². The Bertz CT molecular complexity index is 451. The molecule has 0 radical (unpaired) electrons. The van der Waals surface area contributed by atoms with Gasteiger partial charge in [0.05, 0.1) is 0 Å². The van der Waals surface area contributed by atoms with Gasteiger partial charge >= 0.3 is 0 Å². The Labute approximate surface area is 126 Å². The minimum absolute atomic E-state index is 0.828. The van der Waals surface area contributed by atoms with Crippen LogP contribution in [0.2, 0.25) is 5.02 Å². The molecule has 1 N–H and O–H groups in total. The van der Waals surface area contributed by atoms with Gasteiger partial charge in [-0.2, -0.15) is 0 Å². The number of benzene rings is 1. The van der Waals surface area contributed by atoms with Crippen molar-refractivity contribution in [1.82, 2.24) is 10.2 Å². The predicted molar refractivity (Wildman–Crippen MR) is 85.6 cm³/mol. The molecule has 0 aromatic heterocycles. The largest absolute Gasteiger partial charge is 0.369 e. The Balaban J connectivity index is 1.58. The van der Waals surface area contributed by atoms with Crippen LogP contribution < -0.4 is 10.2 Å². The van der Waals surface area contributed by atoms with Crippen LogP contribution in [0.1, 0.15) is 18.4 Å².